The highest BCUT2D eigenvalue weighted by Crippen LogP contribution is 2.19. The molecular formula is C14H15N3O3. The number of aromatic carboxylic acids is 1. The molecule has 2 rings (SSSR count). The summed E-state index contributed by atoms with van der Waals surface area (Å²) >= 11 is 0. The van der Waals surface area contributed by atoms with Crippen molar-refractivity contribution in [1.29, 1.82) is 0 Å². The molecule has 104 valence electrons. The Bertz CT molecular complexity index is 656. The zero-order chi connectivity index (χ0) is 14.7. The molecular weight excluding hydrogens is 258 g/mol. The number of nitrogens with two attached hydrogens (primary N) is 1. The van der Waals surface area contributed by atoms with E-state index in [9.17, 15) is 9.90 Å². The number of carboxylic acids is 1. The van der Waals surface area contributed by atoms with Gasteiger partial charge in [0, 0.05) is 0 Å². The lowest BCUT2D eigenvalue weighted by molar-refractivity contribution is 0.0691. The van der Waals surface area contributed by atoms with Crippen molar-refractivity contribution in [3.8, 4) is 5.75 Å². The molecule has 0 amide bonds. The largest absolute Gasteiger partial charge is 0.487 e. The van der Waals surface area contributed by atoms with E-state index in [0.29, 0.717) is 11.4 Å². The van der Waals surface area contributed by atoms with Gasteiger partial charge in [-0.1, -0.05) is 18.2 Å². The Hall–Kier alpha value is -2.63. The Labute approximate surface area is 116 Å². The topological polar surface area (TPSA) is 98.3 Å². The SMILES string of the molecule is Cc1ccccc1OCc1nc(N)nc(C)c1C(=O)O. The van der Waals surface area contributed by atoms with Crippen molar-refractivity contribution in [1.82, 2.24) is 9.97 Å². The van der Waals surface area contributed by atoms with Gasteiger partial charge in [-0.25, -0.2) is 14.8 Å². The van der Waals surface area contributed by atoms with Gasteiger partial charge in [-0.05, 0) is 25.5 Å². The molecule has 0 spiro atoms. The van der Waals surface area contributed by atoms with Gasteiger partial charge in [0.1, 0.15) is 17.9 Å². The van der Waals surface area contributed by atoms with Gasteiger partial charge in [0.2, 0.25) is 5.95 Å². The molecule has 1 heterocycles. The fraction of sp³-hybridized carbons (Fsp3) is 0.214. The molecule has 1 aromatic carbocycles. The molecule has 0 unspecified atom stereocenters. The Morgan fingerprint density at radius 1 is 1.30 bits per heavy atom. The minimum atomic E-state index is -1.09. The molecule has 0 atom stereocenters. The summed E-state index contributed by atoms with van der Waals surface area (Å²) in [5.41, 5.74) is 7.15. The standard InChI is InChI=1S/C14H15N3O3/c1-8-5-3-4-6-11(8)20-7-10-12(13(18)19)9(2)16-14(15)17-10/h3-6H,7H2,1-2H3,(H,18,19)(H2,15,16,17). The van der Waals surface area contributed by atoms with Crippen LogP contribution in [0.15, 0.2) is 24.3 Å². The first-order chi connectivity index (χ1) is 9.49. The van der Waals surface area contributed by atoms with Crippen LogP contribution in [-0.4, -0.2) is 21.0 Å². The van der Waals surface area contributed by atoms with E-state index in [4.69, 9.17) is 10.5 Å². The number of aromatic nitrogens is 2. The first kappa shape index (κ1) is 13.8. The summed E-state index contributed by atoms with van der Waals surface area (Å²) in [6.45, 7) is 3.52. The fourth-order valence-corrected chi connectivity index (χ4v) is 1.90. The number of hydrogen-bond donors (Lipinski definition) is 2. The van der Waals surface area contributed by atoms with E-state index in [1.165, 1.54) is 0 Å². The number of ether oxygens (including phenoxy) is 1. The number of aryl methyl sites for hydroxylation is 2. The highest BCUT2D eigenvalue weighted by Gasteiger charge is 2.17. The third-order valence-electron chi connectivity index (χ3n) is 2.85. The van der Waals surface area contributed by atoms with Crippen molar-refractivity contribution in [2.24, 2.45) is 0 Å². The van der Waals surface area contributed by atoms with Crippen LogP contribution in [0.5, 0.6) is 5.75 Å². The fourth-order valence-electron chi connectivity index (χ4n) is 1.90. The van der Waals surface area contributed by atoms with Crippen LogP contribution >= 0.6 is 0 Å². The lowest BCUT2D eigenvalue weighted by Crippen LogP contribution is -2.14. The second-order valence-corrected chi connectivity index (χ2v) is 4.35. The second kappa shape index (κ2) is 5.56. The molecule has 20 heavy (non-hydrogen) atoms. The van der Waals surface area contributed by atoms with E-state index in [0.717, 1.165) is 5.56 Å². The predicted molar refractivity (Wildman–Crippen MR) is 73.7 cm³/mol. The summed E-state index contributed by atoms with van der Waals surface area (Å²) in [5.74, 6) is -0.375. The van der Waals surface area contributed by atoms with Crippen LogP contribution in [0.1, 0.15) is 27.3 Å². The molecule has 1 aromatic heterocycles. The molecule has 6 nitrogen and oxygen atoms in total. The first-order valence-corrected chi connectivity index (χ1v) is 6.03. The molecule has 0 saturated heterocycles. The van der Waals surface area contributed by atoms with Gasteiger partial charge >= 0.3 is 5.97 Å². The molecule has 0 aliphatic carbocycles. The maximum absolute atomic E-state index is 11.3. The molecule has 0 aliphatic rings. The molecule has 3 N–H and O–H groups in total. The maximum Gasteiger partial charge on any atom is 0.339 e. The number of benzene rings is 1. The molecule has 0 radical (unpaired) electrons. The number of carbonyl (C=O) groups is 1. The van der Waals surface area contributed by atoms with Gasteiger partial charge in [-0.3, -0.25) is 0 Å². The van der Waals surface area contributed by atoms with E-state index in [-0.39, 0.29) is 23.8 Å². The number of nitrogens with zero attached hydrogens (tertiary/aromatic N) is 2. The van der Waals surface area contributed by atoms with Crippen LogP contribution in [0.4, 0.5) is 5.95 Å². The van der Waals surface area contributed by atoms with Crippen molar-refractivity contribution in [2.45, 2.75) is 20.5 Å². The summed E-state index contributed by atoms with van der Waals surface area (Å²) in [7, 11) is 0. The summed E-state index contributed by atoms with van der Waals surface area (Å²) in [5, 5.41) is 9.21. The second-order valence-electron chi connectivity index (χ2n) is 4.35. The quantitative estimate of drug-likeness (QED) is 0.883. The van der Waals surface area contributed by atoms with E-state index in [1.54, 1.807) is 6.92 Å². The van der Waals surface area contributed by atoms with Gasteiger partial charge < -0.3 is 15.6 Å². The number of carboxylic acid groups (broad SMARTS) is 1. The molecule has 6 heteroatoms. The highest BCUT2D eigenvalue weighted by atomic mass is 16.5. The number of hydrogen-bond acceptors (Lipinski definition) is 5. The Kier molecular flexibility index (Phi) is 3.84. The highest BCUT2D eigenvalue weighted by molar-refractivity contribution is 5.90. The summed E-state index contributed by atoms with van der Waals surface area (Å²) < 4.78 is 5.61. The van der Waals surface area contributed by atoms with Crippen LogP contribution in [0, 0.1) is 13.8 Å². The lowest BCUT2D eigenvalue weighted by atomic mass is 10.1. The van der Waals surface area contributed by atoms with E-state index in [2.05, 4.69) is 9.97 Å². The van der Waals surface area contributed by atoms with Gasteiger partial charge in [-0.15, -0.1) is 0 Å². The smallest absolute Gasteiger partial charge is 0.339 e. The van der Waals surface area contributed by atoms with Gasteiger partial charge in [0.15, 0.2) is 0 Å². The molecule has 0 aliphatic heterocycles. The van der Waals surface area contributed by atoms with Crippen molar-refractivity contribution >= 4 is 11.9 Å². The zero-order valence-electron chi connectivity index (χ0n) is 11.3. The Balaban J connectivity index is 2.30. The number of anilines is 1. The van der Waals surface area contributed by atoms with Gasteiger partial charge in [0.05, 0.1) is 11.4 Å². The maximum atomic E-state index is 11.3. The third kappa shape index (κ3) is 2.85. The average molecular weight is 273 g/mol. The summed E-state index contributed by atoms with van der Waals surface area (Å²) in [6.07, 6.45) is 0. The van der Waals surface area contributed by atoms with Crippen LogP contribution < -0.4 is 10.5 Å². The minimum Gasteiger partial charge on any atom is -0.487 e. The monoisotopic (exact) mass is 273 g/mol. The van der Waals surface area contributed by atoms with E-state index < -0.39 is 5.97 Å². The van der Waals surface area contributed by atoms with Crippen LogP contribution in [-0.2, 0) is 6.61 Å². The lowest BCUT2D eigenvalue weighted by Gasteiger charge is -2.11. The van der Waals surface area contributed by atoms with Crippen molar-refractivity contribution < 1.29 is 14.6 Å². The number of para-hydroxylation sites is 1. The molecule has 0 saturated carbocycles. The summed E-state index contributed by atoms with van der Waals surface area (Å²) in [4.78, 5) is 19.1. The molecule has 2 aromatic rings. The first-order valence-electron chi connectivity index (χ1n) is 6.03. The summed E-state index contributed by atoms with van der Waals surface area (Å²) in [6, 6.07) is 7.47. The minimum absolute atomic E-state index is 0.0278. The predicted octanol–water partition coefficient (Wildman–Crippen LogP) is 1.95. The third-order valence-corrected chi connectivity index (χ3v) is 2.85. The van der Waals surface area contributed by atoms with Gasteiger partial charge in [-0.2, -0.15) is 0 Å². The molecule has 0 bridgehead atoms. The number of nitrogen functional groups attached to an aromatic ring is 1. The average Bonchev–Trinajstić information content (AvgIpc) is 2.36. The van der Waals surface area contributed by atoms with E-state index >= 15 is 0 Å². The van der Waals surface area contributed by atoms with Crippen molar-refractivity contribution in [3.63, 3.8) is 0 Å². The van der Waals surface area contributed by atoms with Crippen LogP contribution in [0.2, 0.25) is 0 Å². The Morgan fingerprint density at radius 3 is 2.65 bits per heavy atom. The normalized spacial score (nSPS) is 10.3. The van der Waals surface area contributed by atoms with Crippen LogP contribution in [0.3, 0.4) is 0 Å². The molecule has 0 fully saturated rings. The van der Waals surface area contributed by atoms with Gasteiger partial charge in [0.25, 0.3) is 0 Å². The Morgan fingerprint density at radius 2 is 2.00 bits per heavy atom. The number of rotatable bonds is 4. The zero-order valence-corrected chi connectivity index (χ0v) is 11.3. The van der Waals surface area contributed by atoms with E-state index in [1.807, 2.05) is 31.2 Å². The van der Waals surface area contributed by atoms with Crippen LogP contribution in [0.25, 0.3) is 0 Å². The van der Waals surface area contributed by atoms with Crippen molar-refractivity contribution in [2.75, 3.05) is 5.73 Å². The van der Waals surface area contributed by atoms with Crippen molar-refractivity contribution in [3.05, 3.63) is 46.8 Å².